The largest absolute Gasteiger partial charge is 0.444 e. The molecule has 0 unspecified atom stereocenters. The first-order valence-corrected chi connectivity index (χ1v) is 38.1. The minimum absolute atomic E-state index is 0.0983. The van der Waals surface area contributed by atoms with Crippen LogP contribution >= 0.6 is 45.3 Å². The van der Waals surface area contributed by atoms with Crippen LogP contribution in [0.5, 0.6) is 0 Å². The van der Waals surface area contributed by atoms with Gasteiger partial charge in [-0.3, -0.25) is 64.5 Å². The molecule has 5 aliphatic rings. The Morgan fingerprint density at radius 1 is 0.716 bits per heavy atom. The molecule has 2 atom stereocenters. The first-order chi connectivity index (χ1) is 48.0. The van der Waals surface area contributed by atoms with Gasteiger partial charge in [0.15, 0.2) is 11.6 Å². The minimum Gasteiger partial charge on any atom is -0.444 e. The Balaban J connectivity index is 0.000000283. The van der Waals surface area contributed by atoms with Gasteiger partial charge < -0.3 is 41.2 Å². The molecular weight excluding hydrogens is 1390 g/mol. The summed E-state index contributed by atoms with van der Waals surface area (Å²) < 4.78 is 16.0. The molecule has 4 aromatic heterocycles. The summed E-state index contributed by atoms with van der Waals surface area (Å²) in [5.74, 6) is -1.57. The summed E-state index contributed by atoms with van der Waals surface area (Å²) in [4.78, 5) is 156. The van der Waals surface area contributed by atoms with Crippen molar-refractivity contribution in [3.63, 3.8) is 0 Å². The highest BCUT2D eigenvalue weighted by Gasteiger charge is 2.55. The second kappa shape index (κ2) is 34.7. The maximum Gasteiger partial charge on any atom is 0.414 e. The Morgan fingerprint density at radius 2 is 1.32 bits per heavy atom. The number of thiazole rings is 4. The molecule has 3 aliphatic heterocycles. The number of alkyl carbamates (subject to hydrolysis) is 2. The molecule has 7 amide bonds. The average molecular weight is 1480 g/mol. The Morgan fingerprint density at radius 3 is 1.93 bits per heavy atom. The molecule has 28 nitrogen and oxygen atoms in total. The highest BCUT2D eigenvalue weighted by Crippen LogP contribution is 2.49. The van der Waals surface area contributed by atoms with E-state index in [1.54, 1.807) is 73.1 Å². The number of aromatic nitrogens is 4. The minimum atomic E-state index is -1.08. The first kappa shape index (κ1) is 79.2. The van der Waals surface area contributed by atoms with Crippen LogP contribution in [-0.4, -0.2) is 155 Å². The van der Waals surface area contributed by atoms with Crippen LogP contribution in [0.1, 0.15) is 229 Å². The van der Waals surface area contributed by atoms with Crippen molar-refractivity contribution in [2.24, 2.45) is 15.7 Å². The predicted octanol–water partition coefficient (Wildman–Crippen LogP) is 10.9. The van der Waals surface area contributed by atoms with Crippen molar-refractivity contribution in [1.29, 1.82) is 5.41 Å². The molecule has 32 heteroatoms. The van der Waals surface area contributed by atoms with E-state index in [2.05, 4.69) is 61.8 Å². The maximum atomic E-state index is 13.2. The van der Waals surface area contributed by atoms with Gasteiger partial charge in [0.2, 0.25) is 17.8 Å². The number of allylic oxidation sites excluding steroid dienone is 1. The Kier molecular flexibility index (Phi) is 26.9. The van der Waals surface area contributed by atoms with Gasteiger partial charge in [0.05, 0.1) is 46.9 Å². The highest BCUT2D eigenvalue weighted by atomic mass is 32.1. The molecule has 0 aromatic carbocycles. The summed E-state index contributed by atoms with van der Waals surface area (Å²) in [7, 11) is 0. The zero-order valence-electron chi connectivity index (χ0n) is 60.0. The van der Waals surface area contributed by atoms with Crippen molar-refractivity contribution in [2.45, 2.75) is 251 Å². The number of amides is 7. The molecule has 102 heavy (non-hydrogen) atoms. The van der Waals surface area contributed by atoms with Gasteiger partial charge in [0.25, 0.3) is 11.8 Å². The zero-order valence-corrected chi connectivity index (χ0v) is 63.2. The van der Waals surface area contributed by atoms with Crippen LogP contribution < -0.4 is 37.6 Å². The maximum absolute atomic E-state index is 13.2. The lowest BCUT2D eigenvalue weighted by Crippen LogP contribution is -2.47. The number of ketones is 3. The van der Waals surface area contributed by atoms with E-state index in [4.69, 9.17) is 25.4 Å². The number of ether oxygens (including phenoxy) is 3. The topological polar surface area (TPSA) is 400 Å². The molecule has 4 aromatic rings. The molecule has 9 N–H and O–H groups in total. The third-order valence-corrected chi connectivity index (χ3v) is 20.1. The molecule has 2 aliphatic carbocycles. The number of amidine groups is 1. The molecule has 9 rings (SSSR count). The van der Waals surface area contributed by atoms with Crippen LogP contribution in [0.15, 0.2) is 54.4 Å². The fourth-order valence-corrected chi connectivity index (χ4v) is 14.5. The predicted molar refractivity (Wildman–Crippen MR) is 391 cm³/mol. The summed E-state index contributed by atoms with van der Waals surface area (Å²) in [5, 5.41) is 33.6. The van der Waals surface area contributed by atoms with E-state index in [-0.39, 0.29) is 103 Å². The van der Waals surface area contributed by atoms with E-state index in [1.807, 2.05) is 24.6 Å². The summed E-state index contributed by atoms with van der Waals surface area (Å²) in [6, 6.07) is 0.0761. The average Bonchev–Trinajstić information content (AvgIpc) is 1.57. The number of nitrogens with two attached hydrogens (primary N) is 1. The van der Waals surface area contributed by atoms with Gasteiger partial charge in [0.1, 0.15) is 60.4 Å². The molecule has 552 valence electrons. The standard InChI is InChI=1S/C43H61N7O10S2.C27H34N8O3S2/c1-26-15-16-27(50(26)39(57)60-42(8,9)10)22-33(54)49-43(19-20-43)32(53)23-28(51)17-18-34-45-30(25-61-34)35-46-29(24-62-35)31(52)14-12-11-13-21-44-36(47-37(55)58-40(2,3)4)48-38(56)59-41(5,6)7;1-15-6-7-17(32-15)23-16(27(8-9-27)35-25(23)38)11-21(36)31-12-22-33-19(14-39-22)26-34-18(13-40-26)24(37)30-10-4-2-3-5-20(28)29/h22,24-26H,11-21,23H2,1-10H3,(H,49,54)(H2,44,47,48,55,56);13-15H,2-12H2,1H3,(H3,28,29)(H,30,37)(H,31,36)(H,35,38)/b27-22-;/t26-;15-/m00/s1. The van der Waals surface area contributed by atoms with Crippen molar-refractivity contribution >= 4 is 122 Å². The summed E-state index contributed by atoms with van der Waals surface area (Å²) in [6.07, 6.45) is 10.3. The van der Waals surface area contributed by atoms with Crippen LogP contribution in [0.2, 0.25) is 0 Å². The number of carbonyl (C=O) groups is 10. The lowest BCUT2D eigenvalue weighted by molar-refractivity contribution is -0.131. The number of nitrogens with one attached hydrogen (secondary N) is 7. The van der Waals surface area contributed by atoms with Crippen molar-refractivity contribution in [3.8, 4) is 21.4 Å². The molecule has 3 fully saturated rings. The van der Waals surface area contributed by atoms with Crippen LogP contribution in [-0.2, 0) is 51.1 Å². The lowest BCUT2D eigenvalue weighted by Gasteiger charge is -2.28. The van der Waals surface area contributed by atoms with Gasteiger partial charge in [0, 0.05) is 89.9 Å². The number of unbranched alkanes of at least 4 members (excludes halogenated alkanes) is 4. The Bertz CT molecular complexity index is 3890. The second-order valence-corrected chi connectivity index (χ2v) is 32.6. The Hall–Kier alpha value is -8.49. The summed E-state index contributed by atoms with van der Waals surface area (Å²) >= 11 is 5.44. The highest BCUT2D eigenvalue weighted by molar-refractivity contribution is 7.14. The van der Waals surface area contributed by atoms with Gasteiger partial charge in [-0.15, -0.1) is 45.3 Å². The van der Waals surface area contributed by atoms with Crippen LogP contribution in [0.25, 0.3) is 21.4 Å². The molecular formula is C70H95N15O13S4. The van der Waals surface area contributed by atoms with Gasteiger partial charge in [-0.1, -0.05) is 12.8 Å². The fraction of sp³-hybridized carbons (Fsp3) is 0.586. The number of carbonyl (C=O) groups excluding carboxylic acids is 10. The van der Waals surface area contributed by atoms with Gasteiger partial charge in [-0.05, 0) is 159 Å². The Labute approximate surface area is 610 Å². The lowest BCUT2D eigenvalue weighted by atomic mass is 9.95. The van der Waals surface area contributed by atoms with Crippen molar-refractivity contribution in [2.75, 3.05) is 13.1 Å². The quantitative estimate of drug-likeness (QED) is 0.00476. The van der Waals surface area contributed by atoms with Gasteiger partial charge in [-0.2, -0.15) is 0 Å². The SMILES string of the molecule is C[C@H]1CC/C(=C/C(=O)NC2(C(=O)CC(=O)CCc3nc(-c4nc(C(=O)CCCCCN=C(NC(=O)OC(C)(C)C)NC(=O)OC(C)(C)C)cs4)cs3)CC2)N1C(=O)OC(C)(C)C.C[C@H]1CCC(C2=C(CC(=O)NCc3nc(-c4nc(C(=O)NCCCCCC(=N)N)cs4)cs3)C3(CC3)NC2=O)=N1. The molecule has 0 bridgehead atoms. The number of guanidine groups is 1. The van der Waals surface area contributed by atoms with Crippen molar-refractivity contribution in [3.05, 3.63) is 65.8 Å². The van der Waals surface area contributed by atoms with E-state index >= 15 is 0 Å². The monoisotopic (exact) mass is 1480 g/mol. The van der Waals surface area contributed by atoms with Gasteiger partial charge in [-0.25, -0.2) is 34.3 Å². The summed E-state index contributed by atoms with van der Waals surface area (Å²) in [6.45, 7) is 20.6. The van der Waals surface area contributed by atoms with E-state index in [0.717, 1.165) is 61.2 Å². The molecule has 7 heterocycles. The van der Waals surface area contributed by atoms with Crippen LogP contribution in [0, 0.1) is 5.41 Å². The van der Waals surface area contributed by atoms with Crippen LogP contribution in [0.4, 0.5) is 14.4 Å². The zero-order chi connectivity index (χ0) is 74.3. The third kappa shape index (κ3) is 24.1. The molecule has 1 saturated heterocycles. The fourth-order valence-electron chi connectivity index (χ4n) is 11.3. The number of hydrogen-bond acceptors (Lipinski definition) is 24. The smallest absolute Gasteiger partial charge is 0.414 e. The number of rotatable bonds is 29. The number of hydrogen-bond donors (Lipinski definition) is 8. The normalized spacial score (nSPS) is 17.6. The number of likely N-dealkylation sites (tertiary alicyclic amines) is 1. The number of Topliss-reactive ketones (excluding diaryl/α,β-unsaturated/α-hetero) is 3. The molecule has 0 radical (unpaired) electrons. The second-order valence-electron chi connectivity index (χ2n) is 29.0. The number of aliphatic imine (C=N–C) groups is 2. The number of aryl methyl sites for hydroxylation is 1. The van der Waals surface area contributed by atoms with Crippen LogP contribution in [0.3, 0.4) is 0 Å². The first-order valence-electron chi connectivity index (χ1n) is 34.5. The van der Waals surface area contributed by atoms with E-state index < -0.39 is 46.5 Å². The third-order valence-electron chi connectivity index (χ3n) is 16.6. The molecule has 1 spiro atoms. The summed E-state index contributed by atoms with van der Waals surface area (Å²) in [5.41, 5.74) is 6.55. The van der Waals surface area contributed by atoms with E-state index in [9.17, 15) is 47.9 Å². The van der Waals surface area contributed by atoms with E-state index in [0.29, 0.717) is 113 Å². The number of nitrogens with zero attached hydrogens (tertiary/aromatic N) is 7. The molecule has 2 saturated carbocycles. The van der Waals surface area contributed by atoms with Gasteiger partial charge >= 0.3 is 18.3 Å². The van der Waals surface area contributed by atoms with E-state index in [1.165, 1.54) is 56.3 Å². The van der Waals surface area contributed by atoms with Crippen molar-refractivity contribution < 1.29 is 62.2 Å². The van der Waals surface area contributed by atoms with Crippen molar-refractivity contribution in [1.82, 2.24) is 56.7 Å².